The van der Waals surface area contributed by atoms with Gasteiger partial charge in [0.25, 0.3) is 0 Å². The number of hydrogen-bond donors (Lipinski definition) is 1. The second-order valence-corrected chi connectivity index (χ2v) is 5.71. The lowest BCUT2D eigenvalue weighted by molar-refractivity contribution is 0.306. The first-order valence-electron chi connectivity index (χ1n) is 7.26. The number of nitrogens with two attached hydrogens (primary N) is 1. The van der Waals surface area contributed by atoms with Crippen LogP contribution in [0.3, 0.4) is 0 Å². The molecule has 1 saturated carbocycles. The van der Waals surface area contributed by atoms with Gasteiger partial charge in [-0.05, 0) is 48.4 Å². The molecule has 0 radical (unpaired) electrons. The molecule has 1 fully saturated rings. The summed E-state index contributed by atoms with van der Waals surface area (Å²) in [6.07, 6.45) is 1.22. The van der Waals surface area contributed by atoms with E-state index in [0.717, 1.165) is 5.75 Å². The molecular formula is C18H21NO. The summed E-state index contributed by atoms with van der Waals surface area (Å²) in [6, 6.07) is 19.0. The van der Waals surface area contributed by atoms with Crippen molar-refractivity contribution in [3.8, 4) is 5.75 Å². The van der Waals surface area contributed by atoms with Crippen LogP contribution >= 0.6 is 0 Å². The van der Waals surface area contributed by atoms with E-state index in [-0.39, 0.29) is 0 Å². The summed E-state index contributed by atoms with van der Waals surface area (Å²) in [7, 11) is 0. The summed E-state index contributed by atoms with van der Waals surface area (Å²) in [6.45, 7) is 2.72. The molecule has 0 unspecified atom stereocenters. The quantitative estimate of drug-likeness (QED) is 0.896. The first-order chi connectivity index (χ1) is 9.74. The van der Waals surface area contributed by atoms with Crippen molar-refractivity contribution in [1.29, 1.82) is 0 Å². The van der Waals surface area contributed by atoms with E-state index in [9.17, 15) is 0 Å². The van der Waals surface area contributed by atoms with Crippen LogP contribution in [0, 0.1) is 5.92 Å². The van der Waals surface area contributed by atoms with Gasteiger partial charge < -0.3 is 10.5 Å². The maximum Gasteiger partial charge on any atom is 0.119 e. The number of hydrogen-bond acceptors (Lipinski definition) is 2. The van der Waals surface area contributed by atoms with Gasteiger partial charge in [0.1, 0.15) is 12.4 Å². The number of ether oxygens (including phenoxy) is 1. The molecule has 2 heteroatoms. The van der Waals surface area contributed by atoms with E-state index < -0.39 is 0 Å². The summed E-state index contributed by atoms with van der Waals surface area (Å²) in [5.41, 5.74) is 8.52. The Morgan fingerprint density at radius 3 is 2.40 bits per heavy atom. The number of rotatable bonds is 5. The van der Waals surface area contributed by atoms with Gasteiger partial charge in [0.2, 0.25) is 0 Å². The Bertz CT molecular complexity index is 547. The zero-order valence-corrected chi connectivity index (χ0v) is 11.8. The molecule has 2 aromatic rings. The second kappa shape index (κ2) is 5.68. The Hall–Kier alpha value is -1.80. The van der Waals surface area contributed by atoms with Gasteiger partial charge in [0.05, 0.1) is 0 Å². The Morgan fingerprint density at radius 1 is 1.10 bits per heavy atom. The summed E-state index contributed by atoms with van der Waals surface area (Å²) in [5.74, 6) is 2.24. The first kappa shape index (κ1) is 13.2. The average molecular weight is 267 g/mol. The van der Waals surface area contributed by atoms with Crippen LogP contribution in [0.2, 0.25) is 0 Å². The first-order valence-corrected chi connectivity index (χ1v) is 7.26. The minimum atomic E-state index is 0.300. The standard InChI is InChI=1S/C18H21NO/c1-13(19)17-11-18(17)15-7-9-16(10-8-15)20-12-14-5-3-2-4-6-14/h2-10,13,17-18H,11-12,19H2,1H3/t13-,17-,18-/m1/s1. The van der Waals surface area contributed by atoms with Crippen LogP contribution in [0.25, 0.3) is 0 Å². The topological polar surface area (TPSA) is 35.2 Å². The van der Waals surface area contributed by atoms with E-state index in [1.54, 1.807) is 0 Å². The third-order valence-corrected chi connectivity index (χ3v) is 4.07. The Labute approximate surface area is 120 Å². The molecule has 2 N–H and O–H groups in total. The van der Waals surface area contributed by atoms with Crippen molar-refractivity contribution in [1.82, 2.24) is 0 Å². The second-order valence-electron chi connectivity index (χ2n) is 5.71. The van der Waals surface area contributed by atoms with Crippen molar-refractivity contribution in [2.75, 3.05) is 0 Å². The summed E-state index contributed by atoms with van der Waals surface area (Å²) >= 11 is 0. The van der Waals surface area contributed by atoms with Gasteiger partial charge in [0, 0.05) is 6.04 Å². The monoisotopic (exact) mass is 267 g/mol. The van der Waals surface area contributed by atoms with Crippen LogP contribution < -0.4 is 10.5 Å². The lowest BCUT2D eigenvalue weighted by Crippen LogP contribution is -2.17. The maximum absolute atomic E-state index is 5.94. The summed E-state index contributed by atoms with van der Waals surface area (Å²) in [4.78, 5) is 0. The molecule has 104 valence electrons. The van der Waals surface area contributed by atoms with Crippen molar-refractivity contribution in [3.63, 3.8) is 0 Å². The highest BCUT2D eigenvalue weighted by Crippen LogP contribution is 2.49. The highest BCUT2D eigenvalue weighted by molar-refractivity contribution is 5.33. The zero-order valence-electron chi connectivity index (χ0n) is 11.8. The molecule has 0 bridgehead atoms. The molecule has 20 heavy (non-hydrogen) atoms. The van der Waals surface area contributed by atoms with Gasteiger partial charge >= 0.3 is 0 Å². The lowest BCUT2D eigenvalue weighted by atomic mass is 10.1. The lowest BCUT2D eigenvalue weighted by Gasteiger charge is -2.08. The van der Waals surface area contributed by atoms with Gasteiger partial charge in [-0.25, -0.2) is 0 Å². The van der Waals surface area contributed by atoms with Gasteiger partial charge in [-0.15, -0.1) is 0 Å². The molecule has 2 nitrogen and oxygen atoms in total. The van der Waals surface area contributed by atoms with Crippen LogP contribution in [-0.4, -0.2) is 6.04 Å². The fourth-order valence-electron chi connectivity index (χ4n) is 2.73. The Kier molecular flexibility index (Phi) is 3.75. The van der Waals surface area contributed by atoms with E-state index in [1.165, 1.54) is 17.5 Å². The molecule has 0 amide bonds. The smallest absolute Gasteiger partial charge is 0.119 e. The molecule has 3 rings (SSSR count). The van der Waals surface area contributed by atoms with Gasteiger partial charge in [-0.2, -0.15) is 0 Å². The maximum atomic E-state index is 5.94. The van der Waals surface area contributed by atoms with E-state index in [1.807, 2.05) is 18.2 Å². The number of benzene rings is 2. The largest absolute Gasteiger partial charge is 0.489 e. The van der Waals surface area contributed by atoms with Crippen molar-refractivity contribution in [3.05, 3.63) is 65.7 Å². The van der Waals surface area contributed by atoms with E-state index in [0.29, 0.717) is 24.5 Å². The molecule has 3 atom stereocenters. The molecule has 0 aromatic heterocycles. The molecule has 0 spiro atoms. The van der Waals surface area contributed by atoms with Gasteiger partial charge in [-0.3, -0.25) is 0 Å². The fraction of sp³-hybridized carbons (Fsp3) is 0.333. The van der Waals surface area contributed by atoms with Gasteiger partial charge in [-0.1, -0.05) is 42.5 Å². The Balaban J connectivity index is 1.57. The van der Waals surface area contributed by atoms with E-state index >= 15 is 0 Å². The van der Waals surface area contributed by atoms with Crippen molar-refractivity contribution < 1.29 is 4.74 Å². The van der Waals surface area contributed by atoms with Crippen molar-refractivity contribution in [2.45, 2.75) is 31.9 Å². The van der Waals surface area contributed by atoms with E-state index in [4.69, 9.17) is 10.5 Å². The molecule has 2 aromatic carbocycles. The van der Waals surface area contributed by atoms with Crippen LogP contribution in [0.1, 0.15) is 30.4 Å². The molecule has 0 aliphatic heterocycles. The SMILES string of the molecule is C[C@@H](N)[C@H]1C[C@@H]1c1ccc(OCc2ccccc2)cc1. The van der Waals surface area contributed by atoms with Crippen LogP contribution in [0.15, 0.2) is 54.6 Å². The minimum Gasteiger partial charge on any atom is -0.489 e. The van der Waals surface area contributed by atoms with Crippen LogP contribution in [-0.2, 0) is 6.61 Å². The minimum absolute atomic E-state index is 0.300. The highest BCUT2D eigenvalue weighted by Gasteiger charge is 2.40. The fourth-order valence-corrected chi connectivity index (χ4v) is 2.73. The predicted octanol–water partition coefficient (Wildman–Crippen LogP) is 3.72. The van der Waals surface area contributed by atoms with E-state index in [2.05, 4.69) is 43.3 Å². The Morgan fingerprint density at radius 2 is 1.80 bits per heavy atom. The summed E-state index contributed by atoms with van der Waals surface area (Å²) in [5, 5.41) is 0. The molecular weight excluding hydrogens is 246 g/mol. The normalized spacial score (nSPS) is 22.3. The molecule has 0 saturated heterocycles. The zero-order chi connectivity index (χ0) is 13.9. The van der Waals surface area contributed by atoms with Crippen LogP contribution in [0.4, 0.5) is 0 Å². The van der Waals surface area contributed by atoms with Crippen LogP contribution in [0.5, 0.6) is 5.75 Å². The van der Waals surface area contributed by atoms with Gasteiger partial charge in [0.15, 0.2) is 0 Å². The molecule has 1 aliphatic carbocycles. The summed E-state index contributed by atoms with van der Waals surface area (Å²) < 4.78 is 5.80. The highest BCUT2D eigenvalue weighted by atomic mass is 16.5. The molecule has 0 heterocycles. The molecule has 1 aliphatic rings. The third-order valence-electron chi connectivity index (χ3n) is 4.07. The third kappa shape index (κ3) is 3.02. The van der Waals surface area contributed by atoms with Crippen molar-refractivity contribution in [2.24, 2.45) is 11.7 Å². The predicted molar refractivity (Wildman–Crippen MR) is 81.7 cm³/mol. The average Bonchev–Trinajstić information content (AvgIpc) is 3.27. The van der Waals surface area contributed by atoms with Crippen molar-refractivity contribution >= 4 is 0 Å².